The van der Waals surface area contributed by atoms with Gasteiger partial charge in [-0.25, -0.2) is 0 Å². The highest BCUT2D eigenvalue weighted by Crippen LogP contribution is 2.20. The fraction of sp³-hybridized carbons (Fsp3) is 0.800. The Morgan fingerprint density at radius 1 is 1.64 bits per heavy atom. The average molecular weight is 199 g/mol. The lowest BCUT2D eigenvalue weighted by Gasteiger charge is -2.03. The van der Waals surface area contributed by atoms with E-state index in [1.165, 1.54) is 21.6 Å². The van der Waals surface area contributed by atoms with Crippen LogP contribution in [0.1, 0.15) is 0 Å². The second-order valence-electron chi connectivity index (χ2n) is 1.74. The summed E-state index contributed by atoms with van der Waals surface area (Å²) in [5.41, 5.74) is 5.17. The van der Waals surface area contributed by atoms with Crippen molar-refractivity contribution < 1.29 is 14.3 Å². The number of carboxylic acids is 1. The Morgan fingerprint density at radius 2 is 2.27 bits per heavy atom. The van der Waals surface area contributed by atoms with Crippen molar-refractivity contribution in [1.29, 1.82) is 0 Å². The van der Waals surface area contributed by atoms with Crippen LogP contribution in [0.5, 0.6) is 0 Å². The highest BCUT2D eigenvalue weighted by molar-refractivity contribution is 8.76. The molecule has 0 amide bonds. The van der Waals surface area contributed by atoms with Gasteiger partial charge >= 0.3 is 5.97 Å². The second kappa shape index (κ2) is 6.75. The van der Waals surface area contributed by atoms with Crippen LogP contribution in [-0.2, 0) is 4.79 Å². The Hall–Kier alpha value is 0.0600. The molecule has 0 aliphatic carbocycles. The van der Waals surface area contributed by atoms with Gasteiger partial charge in [0.1, 0.15) is 6.04 Å². The smallest absolute Gasteiger partial charge is 0.321 e. The van der Waals surface area contributed by atoms with Crippen molar-refractivity contribution in [2.75, 3.05) is 18.2 Å². The minimum Gasteiger partial charge on any atom is -0.480 e. The molecule has 0 saturated carbocycles. The van der Waals surface area contributed by atoms with Crippen LogP contribution in [0.3, 0.4) is 0 Å². The Bertz CT molecular complexity index is 125. The molecule has 0 fully saturated rings. The maximum absolute atomic E-state index is 11.5. The molecule has 0 saturated heterocycles. The monoisotopic (exact) mass is 199 g/mol. The zero-order valence-electron chi connectivity index (χ0n) is 5.83. The van der Waals surface area contributed by atoms with Crippen LogP contribution >= 0.6 is 21.6 Å². The van der Waals surface area contributed by atoms with Gasteiger partial charge in [-0.2, -0.15) is 0 Å². The fourth-order valence-corrected chi connectivity index (χ4v) is 2.12. The molecule has 6 heteroatoms. The van der Waals surface area contributed by atoms with E-state index in [2.05, 4.69) is 0 Å². The number of carbonyl (C=O) groups is 1. The standard InChI is InChI=1S/C5H10FNO2S2/c6-1-2-10-11-3-4(7)5(8)9/h4H,1-3,7H2,(H,8,9). The topological polar surface area (TPSA) is 63.3 Å². The van der Waals surface area contributed by atoms with Gasteiger partial charge in [0.15, 0.2) is 0 Å². The molecule has 3 nitrogen and oxygen atoms in total. The molecule has 0 radical (unpaired) electrons. The average Bonchev–Trinajstić information content (AvgIpc) is 1.97. The van der Waals surface area contributed by atoms with Crippen LogP contribution in [0, 0.1) is 0 Å². The molecular formula is C5H10FNO2S2. The van der Waals surface area contributed by atoms with Gasteiger partial charge < -0.3 is 10.8 Å². The summed E-state index contributed by atoms with van der Waals surface area (Å²) in [5.74, 6) is -0.310. The minimum atomic E-state index is -1.02. The van der Waals surface area contributed by atoms with Crippen molar-refractivity contribution in [3.8, 4) is 0 Å². The molecule has 0 heterocycles. The lowest BCUT2D eigenvalue weighted by molar-refractivity contribution is -0.137. The Labute approximate surface area is 72.3 Å². The first-order valence-corrected chi connectivity index (χ1v) is 5.46. The van der Waals surface area contributed by atoms with Crippen LogP contribution in [-0.4, -0.2) is 35.3 Å². The zero-order valence-corrected chi connectivity index (χ0v) is 7.46. The van der Waals surface area contributed by atoms with Gasteiger partial charge in [0.2, 0.25) is 0 Å². The van der Waals surface area contributed by atoms with Crippen LogP contribution < -0.4 is 5.73 Å². The first-order valence-electron chi connectivity index (χ1n) is 2.97. The van der Waals surface area contributed by atoms with E-state index in [1.807, 2.05) is 0 Å². The maximum Gasteiger partial charge on any atom is 0.321 e. The minimum absolute atomic E-state index is 0.319. The molecule has 0 spiro atoms. The molecule has 0 aromatic rings. The maximum atomic E-state index is 11.5. The van der Waals surface area contributed by atoms with E-state index in [1.54, 1.807) is 0 Å². The normalized spacial score (nSPS) is 12.9. The quantitative estimate of drug-likeness (QED) is 0.488. The van der Waals surface area contributed by atoms with Gasteiger partial charge in [0.25, 0.3) is 0 Å². The summed E-state index contributed by atoms with van der Waals surface area (Å²) in [7, 11) is 2.58. The number of halogens is 1. The summed E-state index contributed by atoms with van der Waals surface area (Å²) in [4.78, 5) is 10.1. The van der Waals surface area contributed by atoms with E-state index in [-0.39, 0.29) is 6.67 Å². The predicted molar refractivity (Wildman–Crippen MR) is 46.5 cm³/mol. The molecule has 0 aliphatic heterocycles. The van der Waals surface area contributed by atoms with Gasteiger partial charge in [0.05, 0.1) is 6.67 Å². The lowest BCUT2D eigenvalue weighted by atomic mass is 10.4. The number of hydrogen-bond donors (Lipinski definition) is 2. The number of hydrogen-bond acceptors (Lipinski definition) is 4. The van der Waals surface area contributed by atoms with Crippen molar-refractivity contribution in [3.63, 3.8) is 0 Å². The molecule has 1 atom stereocenters. The number of carboxylic acid groups (broad SMARTS) is 1. The summed E-state index contributed by atoms with van der Waals surface area (Å²) in [6.45, 7) is -0.389. The summed E-state index contributed by atoms with van der Waals surface area (Å²) in [5, 5.41) is 8.32. The third kappa shape index (κ3) is 6.46. The van der Waals surface area contributed by atoms with E-state index in [4.69, 9.17) is 10.8 Å². The summed E-state index contributed by atoms with van der Waals surface area (Å²) < 4.78 is 11.5. The highest BCUT2D eigenvalue weighted by atomic mass is 33.1. The molecule has 0 aromatic heterocycles. The Kier molecular flexibility index (Phi) is 6.79. The van der Waals surface area contributed by atoms with Gasteiger partial charge in [-0.3, -0.25) is 9.18 Å². The van der Waals surface area contributed by atoms with Crippen LogP contribution in [0.4, 0.5) is 4.39 Å². The SMILES string of the molecule is NC(CSSCCF)C(=O)O. The van der Waals surface area contributed by atoms with E-state index in [0.717, 1.165) is 0 Å². The Balaban J connectivity index is 3.17. The fourth-order valence-electron chi connectivity index (χ4n) is 0.283. The third-order valence-electron chi connectivity index (χ3n) is 0.809. The molecule has 0 aromatic carbocycles. The largest absolute Gasteiger partial charge is 0.480 e. The van der Waals surface area contributed by atoms with Crippen LogP contribution in [0.25, 0.3) is 0 Å². The first-order chi connectivity index (χ1) is 5.18. The number of nitrogens with two attached hydrogens (primary N) is 1. The number of rotatable bonds is 6. The van der Waals surface area contributed by atoms with E-state index < -0.39 is 12.0 Å². The molecule has 0 aliphatic rings. The number of alkyl halides is 1. The molecule has 66 valence electrons. The Morgan fingerprint density at radius 3 is 2.73 bits per heavy atom. The molecule has 11 heavy (non-hydrogen) atoms. The van der Waals surface area contributed by atoms with Gasteiger partial charge in [-0.15, -0.1) is 0 Å². The zero-order chi connectivity index (χ0) is 8.69. The summed E-state index contributed by atoms with van der Waals surface area (Å²) in [6, 6.07) is -0.841. The lowest BCUT2D eigenvalue weighted by Crippen LogP contribution is -2.32. The molecule has 0 bridgehead atoms. The van der Waals surface area contributed by atoms with Gasteiger partial charge in [0, 0.05) is 11.5 Å². The van der Waals surface area contributed by atoms with E-state index in [0.29, 0.717) is 11.5 Å². The van der Waals surface area contributed by atoms with Crippen molar-refractivity contribution in [1.82, 2.24) is 0 Å². The molecule has 3 N–H and O–H groups in total. The molecule has 0 rings (SSSR count). The third-order valence-corrected chi connectivity index (χ3v) is 3.20. The van der Waals surface area contributed by atoms with Crippen molar-refractivity contribution >= 4 is 27.6 Å². The predicted octanol–water partition coefficient (Wildman–Crippen LogP) is 0.749. The van der Waals surface area contributed by atoms with Gasteiger partial charge in [-0.1, -0.05) is 21.6 Å². The molecular weight excluding hydrogens is 189 g/mol. The number of aliphatic carboxylic acids is 1. The highest BCUT2D eigenvalue weighted by Gasteiger charge is 2.10. The first kappa shape index (κ1) is 11.1. The van der Waals surface area contributed by atoms with E-state index in [9.17, 15) is 9.18 Å². The molecule has 1 unspecified atom stereocenters. The van der Waals surface area contributed by atoms with Crippen molar-refractivity contribution in [3.05, 3.63) is 0 Å². The summed E-state index contributed by atoms with van der Waals surface area (Å²) >= 11 is 0. The van der Waals surface area contributed by atoms with Crippen LogP contribution in [0.15, 0.2) is 0 Å². The van der Waals surface area contributed by atoms with E-state index >= 15 is 0 Å². The van der Waals surface area contributed by atoms with Crippen LogP contribution in [0.2, 0.25) is 0 Å². The summed E-state index contributed by atoms with van der Waals surface area (Å²) in [6.07, 6.45) is 0. The second-order valence-corrected chi connectivity index (χ2v) is 4.37. The van der Waals surface area contributed by atoms with Crippen molar-refractivity contribution in [2.24, 2.45) is 5.73 Å². The van der Waals surface area contributed by atoms with Crippen molar-refractivity contribution in [2.45, 2.75) is 6.04 Å². The van der Waals surface area contributed by atoms with Gasteiger partial charge in [-0.05, 0) is 0 Å².